The Balaban J connectivity index is 2.56. The van der Waals surface area contributed by atoms with Gasteiger partial charge in [0.05, 0.1) is 0 Å². The average Bonchev–Trinajstić information content (AvgIpc) is 2.04. The van der Waals surface area contributed by atoms with E-state index in [9.17, 15) is 0 Å². The van der Waals surface area contributed by atoms with Crippen molar-refractivity contribution in [3.8, 4) is 0 Å². The van der Waals surface area contributed by atoms with Crippen LogP contribution in [0.2, 0.25) is 0 Å². The van der Waals surface area contributed by atoms with Gasteiger partial charge in [0.2, 0.25) is 0 Å². The Bertz CT molecular complexity index is 137. The van der Waals surface area contributed by atoms with E-state index in [2.05, 4.69) is 26.1 Å². The first kappa shape index (κ1) is 10.0. The molecule has 0 saturated carbocycles. The smallest absolute Gasteiger partial charge is 0.0117 e. The second-order valence-electron chi connectivity index (χ2n) is 4.67. The van der Waals surface area contributed by atoms with Crippen molar-refractivity contribution in [1.29, 1.82) is 0 Å². The maximum absolute atomic E-state index is 6.20. The molecule has 1 rings (SSSR count). The van der Waals surface area contributed by atoms with Crippen LogP contribution >= 0.6 is 0 Å². The molecule has 0 radical (unpaired) electrons. The quantitative estimate of drug-likeness (QED) is 0.656. The summed E-state index contributed by atoms with van der Waals surface area (Å²) in [5, 5.41) is 3.38. The van der Waals surface area contributed by atoms with E-state index in [-0.39, 0.29) is 0 Å². The first-order chi connectivity index (χ1) is 5.56. The molecule has 12 heavy (non-hydrogen) atoms. The molecule has 0 bridgehead atoms. The molecule has 0 spiro atoms. The molecule has 0 aromatic heterocycles. The Hall–Kier alpha value is -0.0800. The molecule has 0 aromatic carbocycles. The van der Waals surface area contributed by atoms with Crippen LogP contribution in [-0.4, -0.2) is 19.1 Å². The second-order valence-corrected chi connectivity index (χ2v) is 4.67. The highest BCUT2D eigenvalue weighted by Gasteiger charge is 2.34. The number of piperidine rings is 1. The molecule has 1 atom stereocenters. The molecule has 0 aliphatic carbocycles. The summed E-state index contributed by atoms with van der Waals surface area (Å²) >= 11 is 0. The Kier molecular flexibility index (Phi) is 3.13. The molecule has 0 aromatic rings. The Morgan fingerprint density at radius 3 is 2.17 bits per heavy atom. The summed E-state index contributed by atoms with van der Waals surface area (Å²) in [5.74, 6) is 0.605. The van der Waals surface area contributed by atoms with Crippen molar-refractivity contribution >= 4 is 0 Å². The van der Waals surface area contributed by atoms with Gasteiger partial charge >= 0.3 is 0 Å². The standard InChI is InChI=1S/C10H22N2/c1-8(2)9(11)10(3)4-6-12-7-5-10/h8-9,12H,4-7,11H2,1-3H3/t9-/m0/s1. The molecule has 1 saturated heterocycles. The largest absolute Gasteiger partial charge is 0.327 e. The summed E-state index contributed by atoms with van der Waals surface area (Å²) in [4.78, 5) is 0. The predicted octanol–water partition coefficient (Wildman–Crippen LogP) is 1.36. The van der Waals surface area contributed by atoms with Crippen LogP contribution in [0.1, 0.15) is 33.6 Å². The van der Waals surface area contributed by atoms with Crippen LogP contribution in [0.3, 0.4) is 0 Å². The van der Waals surface area contributed by atoms with Crippen LogP contribution in [0.4, 0.5) is 0 Å². The normalized spacial score (nSPS) is 25.8. The molecule has 3 N–H and O–H groups in total. The van der Waals surface area contributed by atoms with Gasteiger partial charge in [-0.2, -0.15) is 0 Å². The van der Waals surface area contributed by atoms with Gasteiger partial charge in [0.15, 0.2) is 0 Å². The van der Waals surface area contributed by atoms with E-state index >= 15 is 0 Å². The monoisotopic (exact) mass is 170 g/mol. The van der Waals surface area contributed by atoms with Gasteiger partial charge < -0.3 is 11.1 Å². The summed E-state index contributed by atoms with van der Waals surface area (Å²) in [6, 6.07) is 0.361. The lowest BCUT2D eigenvalue weighted by Gasteiger charge is -2.41. The van der Waals surface area contributed by atoms with Gasteiger partial charge in [0.1, 0.15) is 0 Å². The minimum Gasteiger partial charge on any atom is -0.327 e. The predicted molar refractivity (Wildman–Crippen MR) is 53.0 cm³/mol. The Labute approximate surface area is 75.9 Å². The number of nitrogens with one attached hydrogen (secondary N) is 1. The number of nitrogens with two attached hydrogens (primary N) is 1. The third-order valence-electron chi connectivity index (χ3n) is 3.27. The third-order valence-corrected chi connectivity index (χ3v) is 3.27. The lowest BCUT2D eigenvalue weighted by atomic mass is 9.71. The van der Waals surface area contributed by atoms with Gasteiger partial charge in [-0.25, -0.2) is 0 Å². The molecule has 0 amide bonds. The molecular weight excluding hydrogens is 148 g/mol. The van der Waals surface area contributed by atoms with Crippen LogP contribution in [-0.2, 0) is 0 Å². The van der Waals surface area contributed by atoms with Crippen molar-refractivity contribution in [1.82, 2.24) is 5.32 Å². The first-order valence-corrected chi connectivity index (χ1v) is 5.02. The highest BCUT2D eigenvalue weighted by atomic mass is 14.9. The average molecular weight is 170 g/mol. The van der Waals surface area contributed by atoms with Crippen molar-refractivity contribution in [2.24, 2.45) is 17.1 Å². The molecule has 1 aliphatic rings. The van der Waals surface area contributed by atoms with Crippen LogP contribution in [0.25, 0.3) is 0 Å². The molecule has 1 aliphatic heterocycles. The van der Waals surface area contributed by atoms with Crippen molar-refractivity contribution in [3.63, 3.8) is 0 Å². The summed E-state index contributed by atoms with van der Waals surface area (Å²) < 4.78 is 0. The van der Waals surface area contributed by atoms with Gasteiger partial charge in [-0.3, -0.25) is 0 Å². The third kappa shape index (κ3) is 1.99. The van der Waals surface area contributed by atoms with E-state index < -0.39 is 0 Å². The highest BCUT2D eigenvalue weighted by molar-refractivity contribution is 4.90. The van der Waals surface area contributed by atoms with Gasteiger partial charge in [-0.1, -0.05) is 20.8 Å². The van der Waals surface area contributed by atoms with Crippen molar-refractivity contribution < 1.29 is 0 Å². The Morgan fingerprint density at radius 2 is 1.75 bits per heavy atom. The van der Waals surface area contributed by atoms with E-state index in [1.54, 1.807) is 0 Å². The van der Waals surface area contributed by atoms with E-state index in [1.807, 2.05) is 0 Å². The van der Waals surface area contributed by atoms with Gasteiger partial charge in [-0.05, 0) is 37.3 Å². The fourth-order valence-electron chi connectivity index (χ4n) is 2.14. The zero-order valence-electron chi connectivity index (χ0n) is 8.56. The van der Waals surface area contributed by atoms with Gasteiger partial charge in [-0.15, -0.1) is 0 Å². The van der Waals surface area contributed by atoms with Gasteiger partial charge in [0.25, 0.3) is 0 Å². The fraction of sp³-hybridized carbons (Fsp3) is 1.00. The zero-order chi connectivity index (χ0) is 9.19. The van der Waals surface area contributed by atoms with Crippen LogP contribution < -0.4 is 11.1 Å². The second kappa shape index (κ2) is 3.75. The molecular formula is C10H22N2. The fourth-order valence-corrected chi connectivity index (χ4v) is 2.14. The molecule has 1 fully saturated rings. The Morgan fingerprint density at radius 1 is 1.25 bits per heavy atom. The summed E-state index contributed by atoms with van der Waals surface area (Å²) in [5.41, 5.74) is 6.57. The zero-order valence-corrected chi connectivity index (χ0v) is 8.56. The minimum atomic E-state index is 0.361. The molecule has 2 heteroatoms. The van der Waals surface area contributed by atoms with Crippen LogP contribution in [0.5, 0.6) is 0 Å². The number of rotatable bonds is 2. The van der Waals surface area contributed by atoms with Crippen molar-refractivity contribution in [2.75, 3.05) is 13.1 Å². The molecule has 0 unspecified atom stereocenters. The molecule has 2 nitrogen and oxygen atoms in total. The lowest BCUT2D eigenvalue weighted by molar-refractivity contribution is 0.150. The van der Waals surface area contributed by atoms with E-state index in [1.165, 1.54) is 12.8 Å². The summed E-state index contributed by atoms with van der Waals surface area (Å²) in [6.45, 7) is 9.04. The topological polar surface area (TPSA) is 38.0 Å². The highest BCUT2D eigenvalue weighted by Crippen LogP contribution is 2.33. The van der Waals surface area contributed by atoms with E-state index in [0.29, 0.717) is 17.4 Å². The maximum Gasteiger partial charge on any atom is 0.0117 e. The number of hydrogen-bond acceptors (Lipinski definition) is 2. The van der Waals surface area contributed by atoms with Gasteiger partial charge in [0, 0.05) is 6.04 Å². The first-order valence-electron chi connectivity index (χ1n) is 5.02. The lowest BCUT2D eigenvalue weighted by Crippen LogP contribution is -2.49. The minimum absolute atomic E-state index is 0.361. The van der Waals surface area contributed by atoms with Crippen LogP contribution in [0.15, 0.2) is 0 Å². The van der Waals surface area contributed by atoms with E-state index in [0.717, 1.165) is 13.1 Å². The SMILES string of the molecule is CC(C)[C@H](N)C1(C)CCNCC1. The summed E-state index contributed by atoms with van der Waals surface area (Å²) in [6.07, 6.45) is 2.46. The number of hydrogen-bond donors (Lipinski definition) is 2. The van der Waals surface area contributed by atoms with Crippen molar-refractivity contribution in [2.45, 2.75) is 39.7 Å². The maximum atomic E-state index is 6.20. The molecule has 72 valence electrons. The van der Waals surface area contributed by atoms with Crippen LogP contribution in [0, 0.1) is 11.3 Å². The summed E-state index contributed by atoms with van der Waals surface area (Å²) in [7, 11) is 0. The molecule has 1 heterocycles. The van der Waals surface area contributed by atoms with Crippen molar-refractivity contribution in [3.05, 3.63) is 0 Å². The van der Waals surface area contributed by atoms with E-state index in [4.69, 9.17) is 5.73 Å².